The van der Waals surface area contributed by atoms with Gasteiger partial charge in [0.15, 0.2) is 0 Å². The molecule has 0 aliphatic carbocycles. The highest BCUT2D eigenvalue weighted by Crippen LogP contribution is 2.34. The number of hydrogen-bond acceptors (Lipinski definition) is 0. The summed E-state index contributed by atoms with van der Waals surface area (Å²) < 4.78 is 3.24. The molecule has 3 aromatic carbocycles. The molecule has 0 atom stereocenters. The Morgan fingerprint density at radius 2 is 1.30 bits per heavy atom. The molecule has 0 saturated carbocycles. The summed E-state index contributed by atoms with van der Waals surface area (Å²) in [5, 5.41) is 1.90. The Labute approximate surface area is 153 Å². The van der Waals surface area contributed by atoms with Gasteiger partial charge in [-0.1, -0.05) is 72.3 Å². The Kier molecular flexibility index (Phi) is 3.87. The van der Waals surface area contributed by atoms with Crippen molar-refractivity contribution in [3.8, 4) is 16.8 Å². The second-order valence-electron chi connectivity index (χ2n) is 5.37. The molecule has 1 heterocycles. The van der Waals surface area contributed by atoms with E-state index in [4.69, 9.17) is 11.6 Å². The van der Waals surface area contributed by atoms with Gasteiger partial charge in [0.25, 0.3) is 0 Å². The van der Waals surface area contributed by atoms with Crippen LogP contribution in [0.1, 0.15) is 0 Å². The van der Waals surface area contributed by atoms with E-state index in [2.05, 4.69) is 87.8 Å². The van der Waals surface area contributed by atoms with Crippen LogP contribution < -0.4 is 0 Å². The molecule has 0 N–H and O–H groups in total. The highest BCUT2D eigenvalue weighted by molar-refractivity contribution is 14.1. The van der Waals surface area contributed by atoms with Crippen LogP contribution in [0.25, 0.3) is 27.7 Å². The normalized spacial score (nSPS) is 11.0. The zero-order chi connectivity index (χ0) is 15.8. The second kappa shape index (κ2) is 6.02. The fourth-order valence-corrected chi connectivity index (χ4v) is 3.93. The van der Waals surface area contributed by atoms with Crippen LogP contribution >= 0.6 is 34.2 Å². The number of rotatable bonds is 2. The molecule has 112 valence electrons. The lowest BCUT2D eigenvalue weighted by Crippen LogP contribution is -1.96. The van der Waals surface area contributed by atoms with Gasteiger partial charge in [-0.25, -0.2) is 0 Å². The molecule has 0 aliphatic heterocycles. The number of hydrogen-bond donors (Lipinski definition) is 0. The summed E-state index contributed by atoms with van der Waals surface area (Å²) in [4.78, 5) is 0. The van der Waals surface area contributed by atoms with Crippen molar-refractivity contribution >= 4 is 45.1 Å². The van der Waals surface area contributed by atoms with E-state index in [1.165, 1.54) is 11.1 Å². The zero-order valence-corrected chi connectivity index (χ0v) is 15.1. The van der Waals surface area contributed by atoms with Crippen LogP contribution in [0, 0.1) is 3.70 Å². The van der Waals surface area contributed by atoms with E-state index in [0.717, 1.165) is 25.3 Å². The third kappa shape index (κ3) is 2.56. The maximum Gasteiger partial charge on any atom is 0.104 e. The molecule has 1 nitrogen and oxygen atoms in total. The van der Waals surface area contributed by atoms with Gasteiger partial charge < -0.3 is 4.57 Å². The summed E-state index contributed by atoms with van der Waals surface area (Å²) in [6, 6.07) is 27.2. The molecule has 0 fully saturated rings. The molecule has 3 heteroatoms. The van der Waals surface area contributed by atoms with E-state index in [1.807, 2.05) is 18.2 Å². The smallest absolute Gasteiger partial charge is 0.104 e. The molecule has 4 aromatic rings. The van der Waals surface area contributed by atoms with E-state index in [0.29, 0.717) is 0 Å². The Balaban J connectivity index is 1.85. The first-order valence-electron chi connectivity index (χ1n) is 7.36. The largest absolute Gasteiger partial charge is 0.303 e. The third-order valence-corrected chi connectivity index (χ3v) is 5.71. The van der Waals surface area contributed by atoms with Gasteiger partial charge in [-0.3, -0.25) is 0 Å². The van der Waals surface area contributed by atoms with Crippen LogP contribution in [0.4, 0.5) is 0 Å². The van der Waals surface area contributed by atoms with Crippen molar-refractivity contribution in [3.63, 3.8) is 0 Å². The predicted octanol–water partition coefficient (Wildman–Crippen LogP) is 6.56. The molecular weight excluding hydrogens is 417 g/mol. The van der Waals surface area contributed by atoms with E-state index < -0.39 is 0 Å². The van der Waals surface area contributed by atoms with E-state index in [-0.39, 0.29) is 0 Å². The van der Waals surface area contributed by atoms with Crippen LogP contribution in [0.15, 0.2) is 78.9 Å². The zero-order valence-electron chi connectivity index (χ0n) is 12.2. The molecule has 0 amide bonds. The maximum absolute atomic E-state index is 6.50. The lowest BCUT2D eigenvalue weighted by atomic mass is 10.1. The van der Waals surface area contributed by atoms with Crippen LogP contribution in [0.5, 0.6) is 0 Å². The van der Waals surface area contributed by atoms with Gasteiger partial charge in [-0.2, -0.15) is 0 Å². The summed E-state index contributed by atoms with van der Waals surface area (Å²) in [5.74, 6) is 0. The van der Waals surface area contributed by atoms with Crippen molar-refractivity contribution in [1.82, 2.24) is 4.57 Å². The summed E-state index contributed by atoms with van der Waals surface area (Å²) in [7, 11) is 0. The van der Waals surface area contributed by atoms with Crippen molar-refractivity contribution in [2.75, 3.05) is 0 Å². The van der Waals surface area contributed by atoms with Gasteiger partial charge in [-0.05, 0) is 51.9 Å². The number of fused-ring (bicyclic) bond motifs is 1. The Hall–Kier alpha value is -1.78. The highest BCUT2D eigenvalue weighted by atomic mass is 127. The molecule has 0 unspecified atom stereocenters. The first-order valence-corrected chi connectivity index (χ1v) is 8.81. The van der Waals surface area contributed by atoms with Gasteiger partial charge in [0, 0.05) is 11.1 Å². The lowest BCUT2D eigenvalue weighted by Gasteiger charge is -2.09. The first-order chi connectivity index (χ1) is 11.3. The van der Waals surface area contributed by atoms with Gasteiger partial charge in [0.2, 0.25) is 0 Å². The topological polar surface area (TPSA) is 4.93 Å². The number of para-hydroxylation sites is 1. The average molecular weight is 430 g/mol. The Morgan fingerprint density at radius 3 is 2.04 bits per heavy atom. The maximum atomic E-state index is 6.50. The van der Waals surface area contributed by atoms with Crippen molar-refractivity contribution in [1.29, 1.82) is 0 Å². The standard InChI is InChI=1S/C20H13ClIN/c21-19-17-8-4-5-9-18(17)23(20(19)22)16-12-10-15(11-13-16)14-6-2-1-3-7-14/h1-13H. The number of aromatic nitrogens is 1. The number of benzene rings is 3. The molecule has 23 heavy (non-hydrogen) atoms. The van der Waals surface area contributed by atoms with Crippen LogP contribution in [-0.2, 0) is 0 Å². The molecule has 0 aliphatic rings. The molecule has 4 rings (SSSR count). The van der Waals surface area contributed by atoms with E-state index in [9.17, 15) is 0 Å². The van der Waals surface area contributed by atoms with Crippen molar-refractivity contribution in [3.05, 3.63) is 87.6 Å². The quantitative estimate of drug-likeness (QED) is 0.318. The third-order valence-electron chi connectivity index (χ3n) is 3.99. The van der Waals surface area contributed by atoms with Gasteiger partial charge in [-0.15, -0.1) is 0 Å². The van der Waals surface area contributed by atoms with Crippen molar-refractivity contribution in [2.45, 2.75) is 0 Å². The first kappa shape index (κ1) is 14.8. The van der Waals surface area contributed by atoms with E-state index >= 15 is 0 Å². The van der Waals surface area contributed by atoms with Gasteiger partial charge in [0.05, 0.1) is 10.5 Å². The van der Waals surface area contributed by atoms with Crippen LogP contribution in [-0.4, -0.2) is 4.57 Å². The minimum Gasteiger partial charge on any atom is -0.303 e. The fraction of sp³-hybridized carbons (Fsp3) is 0. The molecule has 0 radical (unpaired) electrons. The van der Waals surface area contributed by atoms with E-state index in [1.54, 1.807) is 0 Å². The van der Waals surface area contributed by atoms with Crippen LogP contribution in [0.2, 0.25) is 5.02 Å². The summed E-state index contributed by atoms with van der Waals surface area (Å²) in [6.07, 6.45) is 0. The fourth-order valence-electron chi connectivity index (χ4n) is 2.86. The van der Waals surface area contributed by atoms with Crippen LogP contribution in [0.3, 0.4) is 0 Å². The second-order valence-corrected chi connectivity index (χ2v) is 6.77. The predicted molar refractivity (Wildman–Crippen MR) is 106 cm³/mol. The molecule has 0 bridgehead atoms. The molecular formula is C20H13ClIN. The summed E-state index contributed by atoms with van der Waals surface area (Å²) >= 11 is 8.81. The number of nitrogens with zero attached hydrogens (tertiary/aromatic N) is 1. The number of halogens is 2. The highest BCUT2D eigenvalue weighted by Gasteiger charge is 2.14. The lowest BCUT2D eigenvalue weighted by molar-refractivity contribution is 1.09. The Morgan fingerprint density at radius 1 is 0.696 bits per heavy atom. The SMILES string of the molecule is Clc1c(I)n(-c2ccc(-c3ccccc3)cc2)c2ccccc12. The Bertz CT molecular complexity index is 972. The van der Waals surface area contributed by atoms with Crippen molar-refractivity contribution < 1.29 is 0 Å². The summed E-state index contributed by atoms with van der Waals surface area (Å²) in [5.41, 5.74) is 4.70. The summed E-state index contributed by atoms with van der Waals surface area (Å²) in [6.45, 7) is 0. The van der Waals surface area contributed by atoms with Crippen molar-refractivity contribution in [2.24, 2.45) is 0 Å². The molecule has 0 saturated heterocycles. The average Bonchev–Trinajstić information content (AvgIpc) is 2.87. The van der Waals surface area contributed by atoms with Gasteiger partial charge in [0.1, 0.15) is 3.70 Å². The monoisotopic (exact) mass is 429 g/mol. The minimum absolute atomic E-state index is 0.813. The molecule has 0 spiro atoms. The molecule has 1 aromatic heterocycles. The van der Waals surface area contributed by atoms with Gasteiger partial charge >= 0.3 is 0 Å². The minimum atomic E-state index is 0.813.